The number of oxazole rings is 1. The van der Waals surface area contributed by atoms with Gasteiger partial charge in [0.15, 0.2) is 5.58 Å². The molecule has 5 rings (SSSR count). The van der Waals surface area contributed by atoms with Crippen LogP contribution in [0.3, 0.4) is 0 Å². The fourth-order valence-corrected chi connectivity index (χ4v) is 5.58. The number of aryl methyl sites for hydroxylation is 1. The van der Waals surface area contributed by atoms with Crippen LogP contribution in [0, 0.1) is 5.41 Å². The minimum Gasteiger partial charge on any atom is -0.408 e. The molecule has 0 spiro atoms. The van der Waals surface area contributed by atoms with Crippen molar-refractivity contribution in [3.05, 3.63) is 63.4 Å². The molecule has 0 N–H and O–H groups in total. The van der Waals surface area contributed by atoms with Crippen LogP contribution in [-0.4, -0.2) is 58.6 Å². The first-order valence-corrected chi connectivity index (χ1v) is 12.3. The first kappa shape index (κ1) is 25.5. The van der Waals surface area contributed by atoms with Crippen LogP contribution in [0.4, 0.5) is 13.2 Å². The van der Waals surface area contributed by atoms with E-state index in [0.29, 0.717) is 62.4 Å². The van der Waals surface area contributed by atoms with E-state index in [0.717, 1.165) is 23.3 Å². The van der Waals surface area contributed by atoms with Gasteiger partial charge in [-0.1, -0.05) is 6.07 Å². The molecule has 37 heavy (non-hydrogen) atoms. The van der Waals surface area contributed by atoms with Gasteiger partial charge in [0.2, 0.25) is 5.91 Å². The molecule has 2 aromatic heterocycles. The molecule has 198 valence electrons. The lowest BCUT2D eigenvalue weighted by molar-refractivity contribution is -0.145. The van der Waals surface area contributed by atoms with E-state index in [9.17, 15) is 22.8 Å². The van der Waals surface area contributed by atoms with E-state index in [1.54, 1.807) is 16.6 Å². The number of rotatable bonds is 6. The van der Waals surface area contributed by atoms with Gasteiger partial charge in [0, 0.05) is 58.1 Å². The van der Waals surface area contributed by atoms with E-state index in [1.165, 1.54) is 0 Å². The number of likely N-dealkylation sites (tertiary alicyclic amines) is 1. The summed E-state index contributed by atoms with van der Waals surface area (Å²) in [7, 11) is 1.55. The summed E-state index contributed by atoms with van der Waals surface area (Å²) in [6, 6.07) is 6.78. The van der Waals surface area contributed by atoms with Crippen molar-refractivity contribution in [1.82, 2.24) is 19.4 Å². The van der Waals surface area contributed by atoms with Crippen LogP contribution < -0.4 is 5.76 Å². The Morgan fingerprint density at radius 3 is 2.78 bits per heavy atom. The van der Waals surface area contributed by atoms with Gasteiger partial charge in [-0.15, -0.1) is 0 Å². The molecule has 1 aromatic carbocycles. The standard InChI is InChI=1S/C26H29F3N4O4/c1-3-33-21-5-4-17(10-22(21)37-24(33)35)13-31-9-7-25(15-31,16-36-2)23(34)32-8-6-20-18(14-32)11-19(12-30-20)26(27,28)29/h4-5,10-12H,3,6-9,13-16H2,1-2H3. The van der Waals surface area contributed by atoms with Crippen LogP contribution in [0.5, 0.6) is 0 Å². The normalized spacial score (nSPS) is 20.5. The number of pyridine rings is 1. The highest BCUT2D eigenvalue weighted by molar-refractivity contribution is 5.84. The number of aromatic nitrogens is 2. The zero-order chi connectivity index (χ0) is 26.4. The Morgan fingerprint density at radius 2 is 2.05 bits per heavy atom. The van der Waals surface area contributed by atoms with Crippen molar-refractivity contribution >= 4 is 17.0 Å². The summed E-state index contributed by atoms with van der Waals surface area (Å²) in [6.07, 6.45) is -2.64. The number of hydrogen-bond acceptors (Lipinski definition) is 6. The Labute approximate surface area is 211 Å². The van der Waals surface area contributed by atoms with E-state index in [-0.39, 0.29) is 24.8 Å². The minimum absolute atomic E-state index is 0.0979. The molecule has 1 fully saturated rings. The van der Waals surface area contributed by atoms with Crippen LogP contribution in [-0.2, 0) is 41.8 Å². The predicted octanol–water partition coefficient (Wildman–Crippen LogP) is 3.45. The molecule has 0 bridgehead atoms. The molecule has 8 nitrogen and oxygen atoms in total. The number of fused-ring (bicyclic) bond motifs is 2. The van der Waals surface area contributed by atoms with Crippen molar-refractivity contribution in [3.8, 4) is 0 Å². The Balaban J connectivity index is 1.32. The smallest absolute Gasteiger partial charge is 0.408 e. The molecule has 1 saturated heterocycles. The highest BCUT2D eigenvalue weighted by atomic mass is 19.4. The summed E-state index contributed by atoms with van der Waals surface area (Å²) < 4.78 is 52.0. The van der Waals surface area contributed by atoms with Gasteiger partial charge in [-0.05, 0) is 49.2 Å². The molecular weight excluding hydrogens is 489 g/mol. The molecule has 0 radical (unpaired) electrons. The fraction of sp³-hybridized carbons (Fsp3) is 0.500. The van der Waals surface area contributed by atoms with Crippen molar-refractivity contribution < 1.29 is 27.1 Å². The molecule has 1 atom stereocenters. The zero-order valence-electron chi connectivity index (χ0n) is 20.8. The lowest BCUT2D eigenvalue weighted by Gasteiger charge is -2.36. The third-order valence-corrected chi connectivity index (χ3v) is 7.42. The largest absolute Gasteiger partial charge is 0.419 e. The third kappa shape index (κ3) is 4.77. The van der Waals surface area contributed by atoms with Crippen LogP contribution in [0.2, 0.25) is 0 Å². The number of ether oxygens (including phenoxy) is 1. The van der Waals surface area contributed by atoms with Crippen LogP contribution in [0.25, 0.3) is 11.1 Å². The second kappa shape index (κ2) is 9.60. The number of nitrogens with zero attached hydrogens (tertiary/aromatic N) is 4. The molecular formula is C26H29F3N4O4. The highest BCUT2D eigenvalue weighted by Gasteiger charge is 2.47. The molecule has 4 heterocycles. The average molecular weight is 519 g/mol. The molecule has 0 saturated carbocycles. The predicted molar refractivity (Wildman–Crippen MR) is 129 cm³/mol. The molecule has 1 amide bonds. The summed E-state index contributed by atoms with van der Waals surface area (Å²) >= 11 is 0. The number of benzene rings is 1. The number of carbonyl (C=O) groups excluding carboxylic acids is 1. The van der Waals surface area contributed by atoms with E-state index < -0.39 is 17.2 Å². The average Bonchev–Trinajstić information content (AvgIpc) is 3.42. The summed E-state index contributed by atoms with van der Waals surface area (Å²) in [4.78, 5) is 33.6. The van der Waals surface area contributed by atoms with E-state index in [1.807, 2.05) is 25.1 Å². The maximum absolute atomic E-state index is 13.8. The van der Waals surface area contributed by atoms with Crippen molar-refractivity contribution in [2.75, 3.05) is 33.4 Å². The van der Waals surface area contributed by atoms with E-state index in [2.05, 4.69) is 9.88 Å². The number of methoxy groups -OCH3 is 1. The Hall–Kier alpha value is -3.18. The molecule has 1 unspecified atom stereocenters. The second-order valence-corrected chi connectivity index (χ2v) is 9.89. The summed E-state index contributed by atoms with van der Waals surface area (Å²) in [5.74, 6) is -0.498. The van der Waals surface area contributed by atoms with Crippen LogP contribution >= 0.6 is 0 Å². The summed E-state index contributed by atoms with van der Waals surface area (Å²) in [5.41, 5.74) is 1.68. The lowest BCUT2D eigenvalue weighted by Crippen LogP contribution is -2.49. The number of alkyl halides is 3. The first-order valence-electron chi connectivity index (χ1n) is 12.3. The summed E-state index contributed by atoms with van der Waals surface area (Å²) in [5, 5.41) is 0. The van der Waals surface area contributed by atoms with Crippen molar-refractivity contribution in [2.45, 2.75) is 45.6 Å². The maximum Gasteiger partial charge on any atom is 0.419 e. The SMILES string of the molecule is CCn1c(=O)oc2cc(CN3CCC(COC)(C(=O)N4CCc5ncc(C(F)(F)F)cc5C4)C3)ccc21. The van der Waals surface area contributed by atoms with Gasteiger partial charge in [0.25, 0.3) is 0 Å². The molecule has 2 aliphatic heterocycles. The van der Waals surface area contributed by atoms with Gasteiger partial charge in [-0.25, -0.2) is 4.79 Å². The van der Waals surface area contributed by atoms with Crippen LogP contribution in [0.15, 0.2) is 39.7 Å². The quantitative estimate of drug-likeness (QED) is 0.497. The molecule has 3 aromatic rings. The van der Waals surface area contributed by atoms with E-state index in [4.69, 9.17) is 9.15 Å². The zero-order valence-corrected chi connectivity index (χ0v) is 20.8. The van der Waals surface area contributed by atoms with Gasteiger partial charge in [-0.3, -0.25) is 19.2 Å². The second-order valence-electron chi connectivity index (χ2n) is 9.89. The minimum atomic E-state index is -4.48. The van der Waals surface area contributed by atoms with Gasteiger partial charge in [-0.2, -0.15) is 13.2 Å². The number of halogens is 3. The van der Waals surface area contributed by atoms with Gasteiger partial charge >= 0.3 is 11.9 Å². The van der Waals surface area contributed by atoms with E-state index >= 15 is 0 Å². The Bertz CT molecular complexity index is 1380. The third-order valence-electron chi connectivity index (χ3n) is 7.42. The van der Waals surface area contributed by atoms with Gasteiger partial charge in [0.1, 0.15) is 0 Å². The van der Waals surface area contributed by atoms with Crippen molar-refractivity contribution in [2.24, 2.45) is 5.41 Å². The summed E-state index contributed by atoms with van der Waals surface area (Å²) in [6.45, 7) is 4.82. The first-order chi connectivity index (χ1) is 17.6. The highest BCUT2D eigenvalue weighted by Crippen LogP contribution is 2.36. The topological polar surface area (TPSA) is 80.8 Å². The number of amides is 1. The Kier molecular flexibility index (Phi) is 6.61. The Morgan fingerprint density at radius 1 is 1.24 bits per heavy atom. The van der Waals surface area contributed by atoms with Gasteiger partial charge < -0.3 is 14.1 Å². The van der Waals surface area contributed by atoms with Crippen molar-refractivity contribution in [3.63, 3.8) is 0 Å². The molecule has 2 aliphatic rings. The number of hydrogen-bond donors (Lipinski definition) is 0. The van der Waals surface area contributed by atoms with Crippen molar-refractivity contribution in [1.29, 1.82) is 0 Å². The molecule has 11 heteroatoms. The fourth-order valence-electron chi connectivity index (χ4n) is 5.58. The monoisotopic (exact) mass is 518 g/mol. The van der Waals surface area contributed by atoms with Crippen LogP contribution in [0.1, 0.15) is 35.7 Å². The maximum atomic E-state index is 13.8. The molecule has 0 aliphatic carbocycles. The van der Waals surface area contributed by atoms with Gasteiger partial charge in [0.05, 0.1) is 23.1 Å². The lowest BCUT2D eigenvalue weighted by atomic mass is 9.85. The number of carbonyl (C=O) groups is 1.